The van der Waals surface area contributed by atoms with Crippen molar-refractivity contribution < 1.29 is 14.6 Å². The van der Waals surface area contributed by atoms with Gasteiger partial charge in [0.25, 0.3) is 0 Å². The van der Waals surface area contributed by atoms with Gasteiger partial charge in [0, 0.05) is 25.2 Å². The van der Waals surface area contributed by atoms with Gasteiger partial charge in [0.2, 0.25) is 0 Å². The Morgan fingerprint density at radius 2 is 1.81 bits per heavy atom. The van der Waals surface area contributed by atoms with Crippen LogP contribution in [0, 0.1) is 0 Å². The standard InChI is InChI=1S/C17H19NO3/c1-18(2)16-14(9-6-10-15(16)21-12-11-19)17(20)13-7-4-3-5-8-13/h3-10,19H,11-12H2,1-2H3. The number of benzene rings is 2. The van der Waals surface area contributed by atoms with Gasteiger partial charge >= 0.3 is 0 Å². The van der Waals surface area contributed by atoms with Crippen molar-refractivity contribution in [2.24, 2.45) is 0 Å². The molecule has 0 radical (unpaired) electrons. The third kappa shape index (κ3) is 3.41. The number of hydrogen-bond donors (Lipinski definition) is 1. The molecule has 0 spiro atoms. The summed E-state index contributed by atoms with van der Waals surface area (Å²) in [6.45, 7) is 0.132. The first kappa shape index (κ1) is 15.1. The van der Waals surface area contributed by atoms with Crippen LogP contribution in [0.15, 0.2) is 48.5 Å². The zero-order valence-corrected chi connectivity index (χ0v) is 12.2. The van der Waals surface area contributed by atoms with E-state index in [2.05, 4.69) is 0 Å². The molecule has 0 fully saturated rings. The van der Waals surface area contributed by atoms with Gasteiger partial charge in [-0.05, 0) is 12.1 Å². The monoisotopic (exact) mass is 285 g/mol. The predicted molar refractivity (Wildman–Crippen MR) is 83.2 cm³/mol. The van der Waals surface area contributed by atoms with Crippen LogP contribution in [0.5, 0.6) is 5.75 Å². The van der Waals surface area contributed by atoms with Crippen LogP contribution in [0.4, 0.5) is 5.69 Å². The Morgan fingerprint density at radius 1 is 1.10 bits per heavy atom. The summed E-state index contributed by atoms with van der Waals surface area (Å²) in [6, 6.07) is 14.5. The first-order valence-electron chi connectivity index (χ1n) is 6.79. The zero-order chi connectivity index (χ0) is 15.2. The molecule has 0 aromatic heterocycles. The number of rotatable bonds is 6. The number of aliphatic hydroxyl groups is 1. The summed E-state index contributed by atoms with van der Waals surface area (Å²) >= 11 is 0. The molecule has 0 aliphatic carbocycles. The fourth-order valence-electron chi connectivity index (χ4n) is 2.18. The maximum atomic E-state index is 12.7. The Morgan fingerprint density at radius 3 is 2.43 bits per heavy atom. The highest BCUT2D eigenvalue weighted by Gasteiger charge is 2.18. The normalized spacial score (nSPS) is 10.2. The van der Waals surface area contributed by atoms with E-state index >= 15 is 0 Å². The number of aliphatic hydroxyl groups excluding tert-OH is 1. The highest BCUT2D eigenvalue weighted by Crippen LogP contribution is 2.32. The molecule has 110 valence electrons. The summed E-state index contributed by atoms with van der Waals surface area (Å²) in [4.78, 5) is 14.5. The van der Waals surface area contributed by atoms with Crippen molar-refractivity contribution in [3.8, 4) is 5.75 Å². The summed E-state index contributed by atoms with van der Waals surface area (Å²) in [7, 11) is 3.73. The van der Waals surface area contributed by atoms with E-state index in [4.69, 9.17) is 9.84 Å². The lowest BCUT2D eigenvalue weighted by molar-refractivity contribution is 0.103. The largest absolute Gasteiger partial charge is 0.489 e. The van der Waals surface area contributed by atoms with E-state index in [1.807, 2.05) is 37.2 Å². The second-order valence-electron chi connectivity index (χ2n) is 4.81. The average molecular weight is 285 g/mol. The first-order valence-corrected chi connectivity index (χ1v) is 6.79. The maximum Gasteiger partial charge on any atom is 0.195 e. The van der Waals surface area contributed by atoms with Crippen molar-refractivity contribution in [2.75, 3.05) is 32.2 Å². The number of hydrogen-bond acceptors (Lipinski definition) is 4. The van der Waals surface area contributed by atoms with Gasteiger partial charge in [-0.1, -0.05) is 36.4 Å². The lowest BCUT2D eigenvalue weighted by atomic mass is 10.0. The molecular formula is C17H19NO3. The fraction of sp³-hybridized carbons (Fsp3) is 0.235. The van der Waals surface area contributed by atoms with Gasteiger partial charge in [-0.2, -0.15) is 0 Å². The number of carbonyl (C=O) groups is 1. The van der Waals surface area contributed by atoms with E-state index in [0.29, 0.717) is 16.9 Å². The van der Waals surface area contributed by atoms with E-state index in [0.717, 1.165) is 5.69 Å². The Bertz CT molecular complexity index is 609. The molecule has 0 saturated carbocycles. The first-order chi connectivity index (χ1) is 10.1. The molecule has 0 aliphatic heterocycles. The topological polar surface area (TPSA) is 49.8 Å². The third-order valence-electron chi connectivity index (χ3n) is 3.08. The Labute approximate surface area is 124 Å². The summed E-state index contributed by atoms with van der Waals surface area (Å²) in [5, 5.41) is 8.91. The number of para-hydroxylation sites is 1. The highest BCUT2D eigenvalue weighted by molar-refractivity contribution is 6.13. The van der Waals surface area contributed by atoms with Crippen molar-refractivity contribution in [1.29, 1.82) is 0 Å². The SMILES string of the molecule is CN(C)c1c(OCCO)cccc1C(=O)c1ccccc1. The average Bonchev–Trinajstić information content (AvgIpc) is 2.52. The Hall–Kier alpha value is -2.33. The van der Waals surface area contributed by atoms with Gasteiger partial charge in [0.15, 0.2) is 5.78 Å². The molecule has 0 atom stereocenters. The second kappa shape index (κ2) is 6.90. The van der Waals surface area contributed by atoms with Gasteiger partial charge in [0.1, 0.15) is 12.4 Å². The van der Waals surface area contributed by atoms with Crippen molar-refractivity contribution in [3.05, 3.63) is 59.7 Å². The lowest BCUT2D eigenvalue weighted by Crippen LogP contribution is -2.17. The van der Waals surface area contributed by atoms with Crippen molar-refractivity contribution in [1.82, 2.24) is 0 Å². The lowest BCUT2D eigenvalue weighted by Gasteiger charge is -2.21. The van der Waals surface area contributed by atoms with Crippen molar-refractivity contribution in [2.45, 2.75) is 0 Å². The molecule has 0 bridgehead atoms. The molecule has 0 heterocycles. The smallest absolute Gasteiger partial charge is 0.195 e. The molecule has 4 heteroatoms. The summed E-state index contributed by atoms with van der Waals surface area (Å²) < 4.78 is 5.53. The molecule has 0 aliphatic rings. The fourth-order valence-corrected chi connectivity index (χ4v) is 2.18. The molecule has 0 unspecified atom stereocenters. The van der Waals surface area contributed by atoms with Crippen LogP contribution in [0.3, 0.4) is 0 Å². The number of anilines is 1. The summed E-state index contributed by atoms with van der Waals surface area (Å²) in [6.07, 6.45) is 0. The molecular weight excluding hydrogens is 266 g/mol. The van der Waals surface area contributed by atoms with E-state index in [9.17, 15) is 4.79 Å². The van der Waals surface area contributed by atoms with Gasteiger partial charge in [-0.15, -0.1) is 0 Å². The van der Waals surface area contributed by atoms with Gasteiger partial charge in [0.05, 0.1) is 12.3 Å². The van der Waals surface area contributed by atoms with Crippen LogP contribution in [-0.2, 0) is 0 Å². The van der Waals surface area contributed by atoms with E-state index in [1.54, 1.807) is 30.3 Å². The van der Waals surface area contributed by atoms with Crippen LogP contribution >= 0.6 is 0 Å². The van der Waals surface area contributed by atoms with Crippen LogP contribution < -0.4 is 9.64 Å². The quantitative estimate of drug-likeness (QED) is 0.828. The molecule has 4 nitrogen and oxygen atoms in total. The summed E-state index contributed by atoms with van der Waals surface area (Å²) in [5.41, 5.74) is 1.95. The second-order valence-corrected chi connectivity index (χ2v) is 4.81. The molecule has 2 rings (SSSR count). The molecule has 0 saturated heterocycles. The minimum absolute atomic E-state index is 0.0475. The Kier molecular flexibility index (Phi) is 4.95. The van der Waals surface area contributed by atoms with Gasteiger partial charge < -0.3 is 14.7 Å². The maximum absolute atomic E-state index is 12.7. The van der Waals surface area contributed by atoms with E-state index < -0.39 is 0 Å². The number of ether oxygens (including phenoxy) is 1. The summed E-state index contributed by atoms with van der Waals surface area (Å²) in [5.74, 6) is 0.546. The number of ketones is 1. The van der Waals surface area contributed by atoms with E-state index in [1.165, 1.54) is 0 Å². The van der Waals surface area contributed by atoms with Crippen LogP contribution in [0.1, 0.15) is 15.9 Å². The van der Waals surface area contributed by atoms with Crippen molar-refractivity contribution >= 4 is 11.5 Å². The minimum atomic E-state index is -0.0657. The van der Waals surface area contributed by atoms with E-state index in [-0.39, 0.29) is 19.0 Å². The Balaban J connectivity index is 2.45. The van der Waals surface area contributed by atoms with Crippen LogP contribution in [0.2, 0.25) is 0 Å². The highest BCUT2D eigenvalue weighted by atomic mass is 16.5. The van der Waals surface area contributed by atoms with Gasteiger partial charge in [-0.3, -0.25) is 4.79 Å². The number of nitrogens with zero attached hydrogens (tertiary/aromatic N) is 1. The van der Waals surface area contributed by atoms with Crippen molar-refractivity contribution in [3.63, 3.8) is 0 Å². The molecule has 21 heavy (non-hydrogen) atoms. The van der Waals surface area contributed by atoms with Crippen LogP contribution in [0.25, 0.3) is 0 Å². The molecule has 2 aromatic rings. The van der Waals surface area contributed by atoms with Gasteiger partial charge in [-0.25, -0.2) is 0 Å². The number of carbonyl (C=O) groups excluding carboxylic acids is 1. The minimum Gasteiger partial charge on any atom is -0.489 e. The molecule has 2 aromatic carbocycles. The third-order valence-corrected chi connectivity index (χ3v) is 3.08. The molecule has 1 N–H and O–H groups in total. The molecule has 0 amide bonds. The predicted octanol–water partition coefficient (Wildman–Crippen LogP) is 2.35. The van der Waals surface area contributed by atoms with Crippen LogP contribution in [-0.4, -0.2) is 38.2 Å². The zero-order valence-electron chi connectivity index (χ0n) is 12.2.